The summed E-state index contributed by atoms with van der Waals surface area (Å²) in [5, 5.41) is 18.1. The Morgan fingerprint density at radius 1 is 0.600 bits per heavy atom. The first-order chi connectivity index (χ1) is 14.3. The van der Waals surface area contributed by atoms with Gasteiger partial charge < -0.3 is 0 Å². The first-order valence-corrected chi connectivity index (χ1v) is 9.85. The third kappa shape index (κ3) is 3.70. The van der Waals surface area contributed by atoms with Gasteiger partial charge in [0.25, 0.3) is 0 Å². The molecule has 0 heterocycles. The van der Waals surface area contributed by atoms with Crippen LogP contribution < -0.4 is 0 Å². The summed E-state index contributed by atoms with van der Waals surface area (Å²) in [4.78, 5) is 0. The lowest BCUT2D eigenvalue weighted by molar-refractivity contribution is 0.557. The topological polar surface area (TPSA) is 47.6 Å². The van der Waals surface area contributed by atoms with E-state index in [1.165, 1.54) is 0 Å². The lowest BCUT2D eigenvalue weighted by Gasteiger charge is -2.24. The van der Waals surface area contributed by atoms with Crippen molar-refractivity contribution in [3.63, 3.8) is 0 Å². The molecule has 0 atom stereocenters. The molecule has 0 saturated heterocycles. The van der Waals surface area contributed by atoms with E-state index in [4.69, 9.17) is 10.5 Å². The Kier molecular flexibility index (Phi) is 5.99. The molecule has 0 aliphatic rings. The van der Waals surface area contributed by atoms with Gasteiger partial charge in [-0.05, 0) is 47.2 Å². The zero-order chi connectivity index (χ0) is 22.0. The molecule has 2 nitrogen and oxygen atoms in total. The van der Waals surface area contributed by atoms with E-state index in [1.807, 2.05) is 39.8 Å². The third-order valence-electron chi connectivity index (χ3n) is 5.21. The van der Waals surface area contributed by atoms with E-state index >= 15 is 8.78 Å². The minimum Gasteiger partial charge on any atom is -0.206 e. The van der Waals surface area contributed by atoms with Gasteiger partial charge in [0.2, 0.25) is 0 Å². The highest BCUT2D eigenvalue weighted by atomic mass is 19.1. The van der Waals surface area contributed by atoms with Crippen LogP contribution in [0.3, 0.4) is 0 Å². The summed E-state index contributed by atoms with van der Waals surface area (Å²) < 4.78 is 32.0. The van der Waals surface area contributed by atoms with Crippen LogP contribution in [0.25, 0.3) is 22.3 Å². The number of nitriles is 2. The van der Waals surface area contributed by atoms with Gasteiger partial charge in [-0.25, -0.2) is 8.78 Å². The van der Waals surface area contributed by atoms with Crippen LogP contribution in [0.1, 0.15) is 61.8 Å². The number of nitrogens with zero attached hydrogens (tertiary/aromatic N) is 2. The largest absolute Gasteiger partial charge is 0.206 e. The second kappa shape index (κ2) is 8.47. The molecule has 4 heteroatoms. The van der Waals surface area contributed by atoms with Crippen LogP contribution in [-0.2, 0) is 0 Å². The Bertz CT molecular complexity index is 1070. The van der Waals surface area contributed by atoms with Gasteiger partial charge in [0.15, 0.2) is 0 Å². The molecule has 150 valence electrons. The minimum atomic E-state index is -0.488. The van der Waals surface area contributed by atoms with Crippen molar-refractivity contribution in [2.45, 2.75) is 39.5 Å². The van der Waals surface area contributed by atoms with E-state index in [1.54, 1.807) is 48.5 Å². The molecule has 0 N–H and O–H groups in total. The van der Waals surface area contributed by atoms with Crippen LogP contribution in [0, 0.1) is 34.3 Å². The number of benzene rings is 3. The van der Waals surface area contributed by atoms with E-state index in [0.29, 0.717) is 33.4 Å². The van der Waals surface area contributed by atoms with Gasteiger partial charge in [-0.2, -0.15) is 10.5 Å². The van der Waals surface area contributed by atoms with E-state index in [-0.39, 0.29) is 23.0 Å². The molecule has 0 saturated carbocycles. The second-order valence-electron chi connectivity index (χ2n) is 7.89. The Hall–Kier alpha value is -3.50. The van der Waals surface area contributed by atoms with Gasteiger partial charge in [0.05, 0.1) is 23.3 Å². The van der Waals surface area contributed by atoms with E-state index in [9.17, 15) is 0 Å². The van der Waals surface area contributed by atoms with E-state index < -0.39 is 11.6 Å². The highest BCUT2D eigenvalue weighted by Gasteiger charge is 2.28. The van der Waals surface area contributed by atoms with Crippen molar-refractivity contribution in [1.82, 2.24) is 0 Å². The van der Waals surface area contributed by atoms with Gasteiger partial charge in [0.1, 0.15) is 11.6 Å². The Morgan fingerprint density at radius 3 is 1.20 bits per heavy atom. The number of hydrogen-bond acceptors (Lipinski definition) is 2. The van der Waals surface area contributed by atoms with E-state index in [0.717, 1.165) is 0 Å². The molecule has 0 radical (unpaired) electrons. The fraction of sp³-hybridized carbons (Fsp3) is 0.231. The van der Waals surface area contributed by atoms with Crippen LogP contribution in [-0.4, -0.2) is 0 Å². The van der Waals surface area contributed by atoms with Gasteiger partial charge >= 0.3 is 0 Å². The van der Waals surface area contributed by atoms with E-state index in [2.05, 4.69) is 0 Å². The lowest BCUT2D eigenvalue weighted by atomic mass is 9.82. The van der Waals surface area contributed by atoms with Crippen LogP contribution in [0.4, 0.5) is 8.78 Å². The summed E-state index contributed by atoms with van der Waals surface area (Å²) in [6.07, 6.45) is 0. The lowest BCUT2D eigenvalue weighted by Crippen LogP contribution is -2.09. The first kappa shape index (κ1) is 21.2. The highest BCUT2D eigenvalue weighted by molar-refractivity contribution is 5.80. The van der Waals surface area contributed by atoms with Crippen molar-refractivity contribution in [2.24, 2.45) is 0 Å². The van der Waals surface area contributed by atoms with Crippen LogP contribution in [0.5, 0.6) is 0 Å². The number of halogens is 2. The molecule has 30 heavy (non-hydrogen) atoms. The van der Waals surface area contributed by atoms with Gasteiger partial charge in [0, 0.05) is 22.3 Å². The monoisotopic (exact) mass is 400 g/mol. The van der Waals surface area contributed by atoms with Crippen LogP contribution >= 0.6 is 0 Å². The molecule has 0 spiro atoms. The summed E-state index contributed by atoms with van der Waals surface area (Å²) >= 11 is 0. The standard InChI is InChI=1S/C26H22F2N2/c1-15(2)21-23(19-9-5-17(13-29)6-10-19)26(28)24(22(16(3)4)25(21)27)20-11-7-18(14-30)8-12-20/h5-12,15-16H,1-4H3. The predicted octanol–water partition coefficient (Wildman–Crippen LogP) is 7.29. The average Bonchev–Trinajstić information content (AvgIpc) is 2.74. The number of hydrogen-bond donors (Lipinski definition) is 0. The van der Waals surface area contributed by atoms with Crippen molar-refractivity contribution in [2.75, 3.05) is 0 Å². The molecule has 3 aromatic rings. The summed E-state index contributed by atoms with van der Waals surface area (Å²) in [6.45, 7) is 7.37. The van der Waals surface area contributed by atoms with Gasteiger partial charge in [-0.3, -0.25) is 0 Å². The summed E-state index contributed by atoms with van der Waals surface area (Å²) in [7, 11) is 0. The quantitative estimate of drug-likeness (QED) is 0.462. The van der Waals surface area contributed by atoms with Crippen molar-refractivity contribution >= 4 is 0 Å². The molecular formula is C26H22F2N2. The SMILES string of the molecule is CC(C)c1c(F)c(C(C)C)c(-c2ccc(C#N)cc2)c(F)c1-c1ccc(C#N)cc1. The number of rotatable bonds is 4. The van der Waals surface area contributed by atoms with Crippen LogP contribution in [0.15, 0.2) is 48.5 Å². The molecule has 0 bridgehead atoms. The molecule has 0 aliphatic heterocycles. The third-order valence-corrected chi connectivity index (χ3v) is 5.21. The molecule has 0 fully saturated rings. The predicted molar refractivity (Wildman–Crippen MR) is 115 cm³/mol. The molecule has 0 unspecified atom stereocenters. The highest BCUT2D eigenvalue weighted by Crippen LogP contribution is 2.44. The maximum atomic E-state index is 16.1. The summed E-state index contributed by atoms with van der Waals surface area (Å²) in [5.41, 5.74) is 3.07. The fourth-order valence-electron chi connectivity index (χ4n) is 3.80. The molecule has 0 aliphatic carbocycles. The minimum absolute atomic E-state index is 0.218. The Labute approximate surface area is 176 Å². The molecule has 3 rings (SSSR count). The molecule has 0 aromatic heterocycles. The Balaban J connectivity index is 2.42. The smallest absolute Gasteiger partial charge is 0.139 e. The maximum absolute atomic E-state index is 16.1. The second-order valence-corrected chi connectivity index (χ2v) is 7.89. The molecule has 3 aromatic carbocycles. The molecular weight excluding hydrogens is 378 g/mol. The van der Waals surface area contributed by atoms with Crippen LogP contribution in [0.2, 0.25) is 0 Å². The van der Waals surface area contributed by atoms with Crippen molar-refractivity contribution < 1.29 is 8.78 Å². The van der Waals surface area contributed by atoms with Gasteiger partial charge in [-0.1, -0.05) is 52.0 Å². The Morgan fingerprint density at radius 2 is 0.933 bits per heavy atom. The maximum Gasteiger partial charge on any atom is 0.139 e. The fourth-order valence-corrected chi connectivity index (χ4v) is 3.80. The normalized spacial score (nSPS) is 10.9. The van der Waals surface area contributed by atoms with Crippen molar-refractivity contribution in [3.8, 4) is 34.4 Å². The van der Waals surface area contributed by atoms with Gasteiger partial charge in [-0.15, -0.1) is 0 Å². The summed E-state index contributed by atoms with van der Waals surface area (Å²) in [5.74, 6) is -1.37. The molecule has 0 amide bonds. The summed E-state index contributed by atoms with van der Waals surface area (Å²) in [6, 6.07) is 17.1. The van der Waals surface area contributed by atoms with Crippen molar-refractivity contribution in [1.29, 1.82) is 10.5 Å². The first-order valence-electron chi connectivity index (χ1n) is 9.85. The zero-order valence-electron chi connectivity index (χ0n) is 17.4. The average molecular weight is 400 g/mol. The van der Waals surface area contributed by atoms with Crippen molar-refractivity contribution in [3.05, 3.63) is 82.4 Å². The zero-order valence-corrected chi connectivity index (χ0v) is 17.4.